The number of carbonyl (C=O) groups is 2. The molecule has 0 fully saturated rings. The zero-order valence-corrected chi connectivity index (χ0v) is 38.4. The molecule has 0 heterocycles. The maximum absolute atomic E-state index is 12.7. The van der Waals surface area contributed by atoms with Gasteiger partial charge in [-0.25, -0.2) is 4.57 Å². The molecule has 0 aliphatic heterocycles. The number of esters is 2. The van der Waals surface area contributed by atoms with Crippen molar-refractivity contribution in [3.8, 4) is 0 Å². The molecule has 0 radical (unpaired) electrons. The Morgan fingerprint density at radius 1 is 0.534 bits per heavy atom. The van der Waals surface area contributed by atoms with E-state index in [-0.39, 0.29) is 32.0 Å². The number of nitrogens with zero attached hydrogens (tertiary/aromatic N) is 1. The molecule has 9 nitrogen and oxygen atoms in total. The Balaban J connectivity index is 4.37. The minimum absolute atomic E-state index is 0.0242. The first kappa shape index (κ1) is 55.5. The van der Waals surface area contributed by atoms with Gasteiger partial charge in [0.2, 0.25) is 0 Å². The van der Waals surface area contributed by atoms with Crippen LogP contribution >= 0.6 is 7.82 Å². The number of hydrogen-bond acceptors (Lipinski definition) is 7. The van der Waals surface area contributed by atoms with E-state index in [0.717, 1.165) is 96.3 Å². The van der Waals surface area contributed by atoms with Crippen LogP contribution in [0.25, 0.3) is 0 Å². The Kier molecular flexibility index (Phi) is 38.1. The van der Waals surface area contributed by atoms with Gasteiger partial charge in [0.25, 0.3) is 0 Å². The summed E-state index contributed by atoms with van der Waals surface area (Å²) in [5.41, 5.74) is 0. The van der Waals surface area contributed by atoms with E-state index >= 15 is 0 Å². The molecule has 10 heteroatoms. The summed E-state index contributed by atoms with van der Waals surface area (Å²) >= 11 is 0. The molecule has 0 aromatic carbocycles. The van der Waals surface area contributed by atoms with Crippen LogP contribution < -0.4 is 0 Å². The fourth-order valence-electron chi connectivity index (χ4n) is 5.75. The summed E-state index contributed by atoms with van der Waals surface area (Å²) < 4.78 is 34.3. The number of quaternary nitrogens is 1. The monoisotopic (exact) mass is 835 g/mol. The van der Waals surface area contributed by atoms with E-state index in [1.807, 2.05) is 21.1 Å². The van der Waals surface area contributed by atoms with Crippen molar-refractivity contribution < 1.29 is 42.1 Å². The van der Waals surface area contributed by atoms with Crippen LogP contribution in [0.4, 0.5) is 0 Å². The second kappa shape index (κ2) is 39.9. The first-order valence-electron chi connectivity index (χ1n) is 22.7. The van der Waals surface area contributed by atoms with Crippen LogP contribution in [0.2, 0.25) is 0 Å². The first-order valence-corrected chi connectivity index (χ1v) is 24.2. The summed E-state index contributed by atoms with van der Waals surface area (Å²) in [4.78, 5) is 35.4. The molecule has 0 aliphatic carbocycles. The van der Waals surface area contributed by atoms with Gasteiger partial charge in [0.15, 0.2) is 6.10 Å². The average molecular weight is 835 g/mol. The molecular weight excluding hydrogens is 750 g/mol. The largest absolute Gasteiger partial charge is 0.472 e. The summed E-state index contributed by atoms with van der Waals surface area (Å²) in [6.45, 7) is 4.17. The summed E-state index contributed by atoms with van der Waals surface area (Å²) in [5.74, 6) is -0.827. The number of hydrogen-bond donors (Lipinski definition) is 1. The molecule has 2 atom stereocenters. The smallest absolute Gasteiger partial charge is 0.462 e. The van der Waals surface area contributed by atoms with Crippen molar-refractivity contribution in [2.75, 3.05) is 47.5 Å². The number of likely N-dealkylation sites (N-methyl/N-ethyl adjacent to an activating group) is 1. The van der Waals surface area contributed by atoms with E-state index in [4.69, 9.17) is 18.5 Å². The Labute approximate surface area is 355 Å². The molecule has 0 spiro atoms. The third-order valence-electron chi connectivity index (χ3n) is 9.23. The van der Waals surface area contributed by atoms with Gasteiger partial charge in [-0.2, -0.15) is 0 Å². The van der Waals surface area contributed by atoms with Crippen LogP contribution in [0, 0.1) is 0 Å². The highest BCUT2D eigenvalue weighted by Gasteiger charge is 2.27. The maximum atomic E-state index is 12.7. The molecule has 0 amide bonds. The minimum Gasteiger partial charge on any atom is -0.462 e. The normalized spacial score (nSPS) is 14.2. The van der Waals surface area contributed by atoms with Crippen molar-refractivity contribution in [3.63, 3.8) is 0 Å². The quantitative estimate of drug-likeness (QED) is 0.0214. The first-order chi connectivity index (χ1) is 28.0. The highest BCUT2D eigenvalue weighted by Crippen LogP contribution is 2.43. The molecule has 58 heavy (non-hydrogen) atoms. The summed E-state index contributed by atoms with van der Waals surface area (Å²) in [5, 5.41) is 0. The van der Waals surface area contributed by atoms with Gasteiger partial charge in [-0.15, -0.1) is 0 Å². The van der Waals surface area contributed by atoms with E-state index in [9.17, 15) is 19.0 Å². The van der Waals surface area contributed by atoms with E-state index in [1.54, 1.807) is 0 Å². The predicted molar refractivity (Wildman–Crippen MR) is 242 cm³/mol. The number of phosphoric acid groups is 1. The zero-order valence-electron chi connectivity index (χ0n) is 37.5. The highest BCUT2D eigenvalue weighted by molar-refractivity contribution is 7.47. The van der Waals surface area contributed by atoms with Crippen LogP contribution in [-0.2, 0) is 32.7 Å². The fourth-order valence-corrected chi connectivity index (χ4v) is 6.49. The molecule has 0 aliphatic rings. The van der Waals surface area contributed by atoms with Crippen LogP contribution in [0.1, 0.15) is 168 Å². The number of carbonyl (C=O) groups excluding carboxylic acids is 2. The maximum Gasteiger partial charge on any atom is 0.472 e. The third kappa shape index (κ3) is 43.0. The van der Waals surface area contributed by atoms with Crippen molar-refractivity contribution in [3.05, 3.63) is 72.9 Å². The second-order valence-electron chi connectivity index (χ2n) is 16.0. The van der Waals surface area contributed by atoms with Crippen LogP contribution in [0.5, 0.6) is 0 Å². The topological polar surface area (TPSA) is 108 Å². The predicted octanol–water partition coefficient (Wildman–Crippen LogP) is 13.0. The Hall–Kier alpha value is -2.55. The van der Waals surface area contributed by atoms with Gasteiger partial charge in [-0.05, 0) is 77.0 Å². The Morgan fingerprint density at radius 2 is 0.931 bits per heavy atom. The lowest BCUT2D eigenvalue weighted by atomic mass is 10.1. The van der Waals surface area contributed by atoms with Crippen LogP contribution in [0.3, 0.4) is 0 Å². The van der Waals surface area contributed by atoms with Crippen molar-refractivity contribution in [2.45, 2.75) is 174 Å². The van der Waals surface area contributed by atoms with E-state index in [0.29, 0.717) is 17.4 Å². The second-order valence-corrected chi connectivity index (χ2v) is 17.5. The average Bonchev–Trinajstić information content (AvgIpc) is 3.17. The summed E-state index contributed by atoms with van der Waals surface area (Å²) in [6.07, 6.45) is 49.4. The Bertz CT molecular complexity index is 1220. The van der Waals surface area contributed by atoms with Gasteiger partial charge in [-0.1, -0.05) is 151 Å². The molecule has 0 rings (SSSR count). The lowest BCUT2D eigenvalue weighted by Gasteiger charge is -2.24. The van der Waals surface area contributed by atoms with Crippen LogP contribution in [-0.4, -0.2) is 74.9 Å². The van der Waals surface area contributed by atoms with Crippen molar-refractivity contribution >= 4 is 19.8 Å². The van der Waals surface area contributed by atoms with Gasteiger partial charge in [0.05, 0.1) is 27.7 Å². The summed E-state index contributed by atoms with van der Waals surface area (Å²) in [7, 11) is 1.45. The van der Waals surface area contributed by atoms with Gasteiger partial charge in [-0.3, -0.25) is 18.6 Å². The number of rotatable bonds is 40. The summed E-state index contributed by atoms with van der Waals surface area (Å²) in [6, 6.07) is 0. The van der Waals surface area contributed by atoms with Gasteiger partial charge in [0, 0.05) is 12.8 Å². The molecule has 0 bridgehead atoms. The number of unbranched alkanes of at least 4 members (excludes halogenated alkanes) is 14. The zero-order chi connectivity index (χ0) is 42.8. The molecular formula is C48H85NO8P+. The van der Waals surface area contributed by atoms with Gasteiger partial charge >= 0.3 is 19.8 Å². The highest BCUT2D eigenvalue weighted by atomic mass is 31.2. The fraction of sp³-hybridized carbons (Fsp3) is 0.708. The standard InChI is InChI=1S/C48H84NO8P/c1-6-8-10-12-14-16-18-20-22-24-26-28-30-32-34-36-38-40-47(50)54-44-46(45-56-58(52,53)55-43-42-49(3,4)5)57-48(51)41-39-37-35-33-31-29-27-25-23-21-19-17-15-13-11-9-7-2/h8-11,14-17,20-23,46H,6-7,12-13,18-19,24-45H2,1-5H3/p+1/b10-8-,11-9-,16-14-,17-15-,22-20-,23-21-. The van der Waals surface area contributed by atoms with E-state index in [1.165, 1.54) is 38.5 Å². The Morgan fingerprint density at radius 3 is 1.38 bits per heavy atom. The van der Waals surface area contributed by atoms with E-state index < -0.39 is 26.5 Å². The molecule has 0 aromatic rings. The van der Waals surface area contributed by atoms with E-state index in [2.05, 4.69) is 86.8 Å². The van der Waals surface area contributed by atoms with Gasteiger partial charge < -0.3 is 18.9 Å². The lowest BCUT2D eigenvalue weighted by Crippen LogP contribution is -2.37. The molecule has 0 saturated heterocycles. The minimum atomic E-state index is -4.38. The van der Waals surface area contributed by atoms with Crippen molar-refractivity contribution in [1.29, 1.82) is 0 Å². The number of allylic oxidation sites excluding steroid dienone is 12. The lowest BCUT2D eigenvalue weighted by molar-refractivity contribution is -0.870. The van der Waals surface area contributed by atoms with Gasteiger partial charge in [0.1, 0.15) is 19.8 Å². The number of ether oxygens (including phenoxy) is 2. The molecule has 1 N–H and O–H groups in total. The molecule has 2 unspecified atom stereocenters. The SMILES string of the molecule is CC/C=C\C/C=C\C/C=C\CCCCCCCCCC(=O)OCC(COP(=O)(O)OCC[N+](C)(C)C)OC(=O)CCCCCCCCC/C=C\C/C=C\C/C=C\CC. The number of phosphoric ester groups is 1. The molecule has 0 saturated carbocycles. The van der Waals surface area contributed by atoms with Crippen LogP contribution in [0.15, 0.2) is 72.9 Å². The van der Waals surface area contributed by atoms with Crippen molar-refractivity contribution in [2.24, 2.45) is 0 Å². The molecule has 0 aromatic heterocycles. The van der Waals surface area contributed by atoms with Crippen molar-refractivity contribution in [1.82, 2.24) is 0 Å². The molecule has 334 valence electrons. The third-order valence-corrected chi connectivity index (χ3v) is 10.2.